The molecule has 1 N–H and O–H groups in total. The van der Waals surface area contributed by atoms with E-state index in [9.17, 15) is 4.79 Å². The highest BCUT2D eigenvalue weighted by Crippen LogP contribution is 2.31. The molecule has 18 heavy (non-hydrogen) atoms. The summed E-state index contributed by atoms with van der Waals surface area (Å²) in [5.41, 5.74) is 0.611. The van der Waals surface area contributed by atoms with Gasteiger partial charge in [-0.25, -0.2) is 9.78 Å². The summed E-state index contributed by atoms with van der Waals surface area (Å²) in [4.78, 5) is 14.6. The first-order chi connectivity index (χ1) is 8.65. The van der Waals surface area contributed by atoms with Gasteiger partial charge in [0.05, 0.1) is 20.4 Å². The van der Waals surface area contributed by atoms with Crippen molar-refractivity contribution in [3.05, 3.63) is 30.2 Å². The Kier molecular flexibility index (Phi) is 3.18. The van der Waals surface area contributed by atoms with Crippen LogP contribution in [0.4, 0.5) is 0 Å². The first-order valence-electron chi connectivity index (χ1n) is 5.07. The van der Waals surface area contributed by atoms with Gasteiger partial charge < -0.3 is 19.0 Å². The second-order valence-electron chi connectivity index (χ2n) is 3.40. The van der Waals surface area contributed by atoms with Crippen LogP contribution in [0, 0.1) is 0 Å². The molecule has 2 aromatic rings. The van der Waals surface area contributed by atoms with Gasteiger partial charge in [-0.1, -0.05) is 0 Å². The summed E-state index contributed by atoms with van der Waals surface area (Å²) in [6, 6.07) is 5.06. The van der Waals surface area contributed by atoms with E-state index < -0.39 is 5.97 Å². The van der Waals surface area contributed by atoms with Gasteiger partial charge in [-0.3, -0.25) is 0 Å². The predicted molar refractivity (Wildman–Crippen MR) is 62.0 cm³/mol. The Morgan fingerprint density at radius 1 is 1.28 bits per heavy atom. The number of aromatic nitrogens is 1. The average molecular weight is 249 g/mol. The minimum atomic E-state index is -1.16. The molecule has 0 bridgehead atoms. The molecule has 1 aromatic heterocycles. The Morgan fingerprint density at radius 2 is 2.00 bits per heavy atom. The van der Waals surface area contributed by atoms with Crippen molar-refractivity contribution < 1.29 is 23.8 Å². The average Bonchev–Trinajstić information content (AvgIpc) is 2.87. The van der Waals surface area contributed by atoms with Crippen LogP contribution in [0.25, 0.3) is 11.5 Å². The van der Waals surface area contributed by atoms with Crippen molar-refractivity contribution in [3.63, 3.8) is 0 Å². The van der Waals surface area contributed by atoms with Gasteiger partial charge in [-0.15, -0.1) is 0 Å². The van der Waals surface area contributed by atoms with Crippen molar-refractivity contribution in [2.24, 2.45) is 0 Å². The molecule has 94 valence electrons. The van der Waals surface area contributed by atoms with Gasteiger partial charge in [0.2, 0.25) is 11.7 Å². The normalized spacial score (nSPS) is 10.1. The zero-order valence-corrected chi connectivity index (χ0v) is 9.84. The number of rotatable bonds is 4. The third-order valence-corrected chi connectivity index (χ3v) is 2.35. The van der Waals surface area contributed by atoms with Gasteiger partial charge in [0.15, 0.2) is 11.5 Å². The molecule has 0 atom stereocenters. The maximum atomic E-state index is 10.7. The molecular weight excluding hydrogens is 238 g/mol. The van der Waals surface area contributed by atoms with E-state index in [-0.39, 0.29) is 11.7 Å². The standard InChI is InChI=1S/C12H11NO5/c1-16-8-4-3-7(5-9(8)17-2)11-13-6-10(18-11)12(14)15/h3-6H,1-2H3,(H,14,15). The van der Waals surface area contributed by atoms with Crippen LogP contribution >= 0.6 is 0 Å². The van der Waals surface area contributed by atoms with Crippen LogP contribution in [0.2, 0.25) is 0 Å². The summed E-state index contributed by atoms with van der Waals surface area (Å²) < 4.78 is 15.3. The van der Waals surface area contributed by atoms with Crippen LogP contribution in [-0.4, -0.2) is 30.3 Å². The topological polar surface area (TPSA) is 81.8 Å². The lowest BCUT2D eigenvalue weighted by molar-refractivity contribution is 0.0663. The number of hydrogen-bond acceptors (Lipinski definition) is 5. The van der Waals surface area contributed by atoms with Crippen molar-refractivity contribution in [2.45, 2.75) is 0 Å². The van der Waals surface area contributed by atoms with Gasteiger partial charge in [-0.05, 0) is 18.2 Å². The number of aromatic carboxylic acids is 1. The summed E-state index contributed by atoms with van der Waals surface area (Å²) in [6.45, 7) is 0. The van der Waals surface area contributed by atoms with Crippen LogP contribution in [0.1, 0.15) is 10.6 Å². The molecule has 0 saturated carbocycles. The van der Waals surface area contributed by atoms with Gasteiger partial charge in [0.25, 0.3) is 0 Å². The first kappa shape index (κ1) is 12.0. The van der Waals surface area contributed by atoms with Crippen LogP contribution in [-0.2, 0) is 0 Å². The van der Waals surface area contributed by atoms with Crippen molar-refractivity contribution in [1.82, 2.24) is 4.98 Å². The molecular formula is C12H11NO5. The van der Waals surface area contributed by atoms with Crippen LogP contribution in [0.5, 0.6) is 11.5 Å². The maximum absolute atomic E-state index is 10.7. The van der Waals surface area contributed by atoms with Crippen molar-refractivity contribution in [3.8, 4) is 23.0 Å². The van der Waals surface area contributed by atoms with Gasteiger partial charge in [0.1, 0.15) is 0 Å². The van der Waals surface area contributed by atoms with E-state index in [0.717, 1.165) is 6.20 Å². The van der Waals surface area contributed by atoms with Gasteiger partial charge in [-0.2, -0.15) is 0 Å². The molecule has 1 heterocycles. The highest BCUT2D eigenvalue weighted by molar-refractivity contribution is 5.84. The molecule has 0 aliphatic heterocycles. The fourth-order valence-electron chi connectivity index (χ4n) is 1.48. The smallest absolute Gasteiger partial charge is 0.373 e. The third kappa shape index (κ3) is 2.13. The Morgan fingerprint density at radius 3 is 2.56 bits per heavy atom. The molecule has 1 aromatic carbocycles. The van der Waals surface area contributed by atoms with Crippen LogP contribution in [0.15, 0.2) is 28.8 Å². The lowest BCUT2D eigenvalue weighted by Gasteiger charge is -2.07. The zero-order chi connectivity index (χ0) is 13.1. The number of ether oxygens (including phenoxy) is 2. The number of carbonyl (C=O) groups is 1. The summed E-state index contributed by atoms with van der Waals surface area (Å²) in [6.07, 6.45) is 1.16. The van der Waals surface area contributed by atoms with Crippen LogP contribution in [0.3, 0.4) is 0 Å². The Hall–Kier alpha value is -2.50. The molecule has 6 heteroatoms. The maximum Gasteiger partial charge on any atom is 0.373 e. The van der Waals surface area contributed by atoms with Crippen LogP contribution < -0.4 is 9.47 Å². The summed E-state index contributed by atoms with van der Waals surface area (Å²) in [7, 11) is 3.05. The van der Waals surface area contributed by atoms with Crippen molar-refractivity contribution >= 4 is 5.97 Å². The molecule has 0 spiro atoms. The van der Waals surface area contributed by atoms with E-state index in [0.29, 0.717) is 17.1 Å². The van der Waals surface area contributed by atoms with Gasteiger partial charge >= 0.3 is 5.97 Å². The number of carboxylic acids is 1. The molecule has 0 saturated heterocycles. The molecule has 0 unspecified atom stereocenters. The molecule has 0 radical (unpaired) electrons. The second-order valence-corrected chi connectivity index (χ2v) is 3.40. The highest BCUT2D eigenvalue weighted by atomic mass is 16.5. The summed E-state index contributed by atoms with van der Waals surface area (Å²) >= 11 is 0. The SMILES string of the molecule is COc1ccc(-c2ncc(C(=O)O)o2)cc1OC. The number of nitrogens with zero attached hydrogens (tertiary/aromatic N) is 1. The Balaban J connectivity index is 2.41. The van der Waals surface area contributed by atoms with Crippen molar-refractivity contribution in [2.75, 3.05) is 14.2 Å². The number of carboxylic acid groups (broad SMARTS) is 1. The largest absolute Gasteiger partial charge is 0.493 e. The number of methoxy groups -OCH3 is 2. The lowest BCUT2D eigenvalue weighted by Crippen LogP contribution is -1.92. The minimum absolute atomic E-state index is 0.209. The lowest BCUT2D eigenvalue weighted by atomic mass is 10.2. The second kappa shape index (κ2) is 4.79. The molecule has 2 rings (SSSR count). The molecule has 0 amide bonds. The minimum Gasteiger partial charge on any atom is -0.493 e. The van der Waals surface area contributed by atoms with E-state index in [1.54, 1.807) is 18.2 Å². The number of benzene rings is 1. The number of oxazole rings is 1. The molecule has 0 fully saturated rings. The fourth-order valence-corrected chi connectivity index (χ4v) is 1.48. The van der Waals surface area contributed by atoms with E-state index >= 15 is 0 Å². The van der Waals surface area contributed by atoms with E-state index in [2.05, 4.69) is 4.98 Å². The predicted octanol–water partition coefficient (Wildman–Crippen LogP) is 2.06. The molecule has 0 aliphatic rings. The molecule has 6 nitrogen and oxygen atoms in total. The first-order valence-corrected chi connectivity index (χ1v) is 5.07. The summed E-state index contributed by atoms with van der Waals surface area (Å²) in [5, 5.41) is 8.75. The molecule has 0 aliphatic carbocycles. The highest BCUT2D eigenvalue weighted by Gasteiger charge is 2.14. The quantitative estimate of drug-likeness (QED) is 0.893. The monoisotopic (exact) mass is 249 g/mol. The zero-order valence-electron chi connectivity index (χ0n) is 9.84. The Labute approximate surface area is 103 Å². The van der Waals surface area contributed by atoms with E-state index in [1.807, 2.05) is 0 Å². The fraction of sp³-hybridized carbons (Fsp3) is 0.167. The summed E-state index contributed by atoms with van der Waals surface area (Å²) in [5.74, 6) is -0.0568. The third-order valence-electron chi connectivity index (χ3n) is 2.35. The Bertz CT molecular complexity index is 576. The van der Waals surface area contributed by atoms with E-state index in [1.165, 1.54) is 14.2 Å². The van der Waals surface area contributed by atoms with E-state index in [4.69, 9.17) is 19.0 Å². The van der Waals surface area contributed by atoms with Crippen molar-refractivity contribution in [1.29, 1.82) is 0 Å². The number of hydrogen-bond donors (Lipinski definition) is 1. The van der Waals surface area contributed by atoms with Gasteiger partial charge in [0, 0.05) is 5.56 Å².